The summed E-state index contributed by atoms with van der Waals surface area (Å²) in [5.74, 6) is 0. The molecule has 2 aliphatic heterocycles. The van der Waals surface area contributed by atoms with Crippen LogP contribution in [0.25, 0.3) is 0 Å². The maximum absolute atomic E-state index is 9.06. The van der Waals surface area contributed by atoms with Crippen LogP contribution in [0.3, 0.4) is 0 Å². The molecule has 0 aromatic heterocycles. The first-order valence-corrected chi connectivity index (χ1v) is 3.00. The SMILES string of the molecule is O[C@@H]1C=C[C@H]2CO[C@H]1O2. The summed E-state index contributed by atoms with van der Waals surface area (Å²) in [6, 6.07) is 0. The predicted octanol–water partition coefficient (Wildman–Crippen LogP) is -0.341. The fourth-order valence-electron chi connectivity index (χ4n) is 1.05. The van der Waals surface area contributed by atoms with Crippen molar-refractivity contribution in [1.29, 1.82) is 0 Å². The van der Waals surface area contributed by atoms with Gasteiger partial charge < -0.3 is 14.6 Å². The zero-order valence-electron chi connectivity index (χ0n) is 4.86. The van der Waals surface area contributed by atoms with Crippen LogP contribution in [0.1, 0.15) is 0 Å². The van der Waals surface area contributed by atoms with Crippen molar-refractivity contribution in [2.75, 3.05) is 6.61 Å². The zero-order chi connectivity index (χ0) is 6.27. The molecule has 0 radical (unpaired) electrons. The first kappa shape index (κ1) is 5.41. The van der Waals surface area contributed by atoms with Crippen molar-refractivity contribution < 1.29 is 14.6 Å². The molecule has 3 nitrogen and oxygen atoms in total. The van der Waals surface area contributed by atoms with Gasteiger partial charge in [-0.1, -0.05) is 12.2 Å². The van der Waals surface area contributed by atoms with E-state index in [1.807, 2.05) is 6.08 Å². The van der Waals surface area contributed by atoms with Gasteiger partial charge in [0.1, 0.15) is 12.2 Å². The van der Waals surface area contributed by atoms with Crippen molar-refractivity contribution in [2.45, 2.75) is 18.5 Å². The molecule has 9 heavy (non-hydrogen) atoms. The van der Waals surface area contributed by atoms with Crippen LogP contribution in [0.15, 0.2) is 12.2 Å². The minimum absolute atomic E-state index is 0.0819. The summed E-state index contributed by atoms with van der Waals surface area (Å²) in [7, 11) is 0. The molecule has 0 amide bonds. The summed E-state index contributed by atoms with van der Waals surface area (Å²) in [4.78, 5) is 0. The fraction of sp³-hybridized carbons (Fsp3) is 0.667. The number of rotatable bonds is 0. The van der Waals surface area contributed by atoms with Crippen LogP contribution in [0.5, 0.6) is 0 Å². The molecule has 2 bridgehead atoms. The molecule has 0 aromatic rings. The van der Waals surface area contributed by atoms with Gasteiger partial charge >= 0.3 is 0 Å². The third kappa shape index (κ3) is 0.775. The number of hydrogen-bond acceptors (Lipinski definition) is 3. The highest BCUT2D eigenvalue weighted by atomic mass is 16.7. The quantitative estimate of drug-likeness (QED) is 0.453. The Morgan fingerprint density at radius 3 is 3.11 bits per heavy atom. The molecule has 2 rings (SSSR count). The van der Waals surface area contributed by atoms with Crippen molar-refractivity contribution in [1.82, 2.24) is 0 Å². The molecule has 3 atom stereocenters. The van der Waals surface area contributed by atoms with E-state index in [0.29, 0.717) is 6.61 Å². The van der Waals surface area contributed by atoms with Crippen LogP contribution in [0.2, 0.25) is 0 Å². The molecule has 0 aromatic carbocycles. The number of aliphatic hydroxyl groups excluding tert-OH is 1. The maximum atomic E-state index is 9.06. The van der Waals surface area contributed by atoms with Gasteiger partial charge in [-0.05, 0) is 0 Å². The second-order valence-electron chi connectivity index (χ2n) is 2.25. The van der Waals surface area contributed by atoms with Crippen LogP contribution >= 0.6 is 0 Å². The van der Waals surface area contributed by atoms with Gasteiger partial charge in [0.05, 0.1) is 6.61 Å². The molecule has 0 saturated carbocycles. The second-order valence-corrected chi connectivity index (χ2v) is 2.25. The smallest absolute Gasteiger partial charge is 0.188 e. The van der Waals surface area contributed by atoms with Crippen molar-refractivity contribution in [3.63, 3.8) is 0 Å². The lowest BCUT2D eigenvalue weighted by Crippen LogP contribution is -2.28. The predicted molar refractivity (Wildman–Crippen MR) is 29.8 cm³/mol. The lowest BCUT2D eigenvalue weighted by molar-refractivity contribution is -0.115. The summed E-state index contributed by atoms with van der Waals surface area (Å²) in [5, 5.41) is 9.06. The normalized spacial score (nSPS) is 47.9. The minimum atomic E-state index is -0.566. The lowest BCUT2D eigenvalue weighted by atomic mass is 10.2. The molecule has 0 spiro atoms. The maximum Gasteiger partial charge on any atom is 0.188 e. The molecule has 2 heterocycles. The van der Waals surface area contributed by atoms with E-state index in [1.54, 1.807) is 6.08 Å². The number of aliphatic hydroxyl groups is 1. The van der Waals surface area contributed by atoms with Crippen LogP contribution in [-0.4, -0.2) is 30.2 Å². The van der Waals surface area contributed by atoms with Crippen molar-refractivity contribution in [2.24, 2.45) is 0 Å². The van der Waals surface area contributed by atoms with Crippen LogP contribution in [-0.2, 0) is 9.47 Å². The highest BCUT2D eigenvalue weighted by molar-refractivity contribution is 5.02. The number of fused-ring (bicyclic) bond motifs is 2. The average molecular weight is 128 g/mol. The Hall–Kier alpha value is -0.380. The molecule has 50 valence electrons. The number of hydrogen-bond donors (Lipinski definition) is 1. The highest BCUT2D eigenvalue weighted by Gasteiger charge is 2.32. The number of ether oxygens (including phenoxy) is 2. The van der Waals surface area contributed by atoms with Crippen molar-refractivity contribution >= 4 is 0 Å². The molecular formula is C6H8O3. The van der Waals surface area contributed by atoms with Crippen molar-refractivity contribution in [3.8, 4) is 0 Å². The third-order valence-electron chi connectivity index (χ3n) is 1.54. The zero-order valence-corrected chi connectivity index (χ0v) is 4.86. The minimum Gasteiger partial charge on any atom is -0.384 e. The molecule has 2 aliphatic rings. The van der Waals surface area contributed by atoms with Gasteiger partial charge in [0.25, 0.3) is 0 Å². The third-order valence-corrected chi connectivity index (χ3v) is 1.54. The fourth-order valence-corrected chi connectivity index (χ4v) is 1.05. The van der Waals surface area contributed by atoms with Gasteiger partial charge in [0.15, 0.2) is 6.29 Å². The molecule has 0 aliphatic carbocycles. The van der Waals surface area contributed by atoms with Gasteiger partial charge in [-0.25, -0.2) is 0 Å². The topological polar surface area (TPSA) is 38.7 Å². The van der Waals surface area contributed by atoms with E-state index >= 15 is 0 Å². The largest absolute Gasteiger partial charge is 0.384 e. The molecule has 1 N–H and O–H groups in total. The Bertz CT molecular complexity index is 143. The lowest BCUT2D eigenvalue weighted by Gasteiger charge is -2.17. The highest BCUT2D eigenvalue weighted by Crippen LogP contribution is 2.20. The van der Waals surface area contributed by atoms with Gasteiger partial charge in [-0.3, -0.25) is 0 Å². The molecular weight excluding hydrogens is 120 g/mol. The Kier molecular flexibility index (Phi) is 1.08. The summed E-state index contributed by atoms with van der Waals surface area (Å²) in [5.41, 5.74) is 0. The first-order valence-electron chi connectivity index (χ1n) is 3.00. The van der Waals surface area contributed by atoms with Crippen LogP contribution in [0, 0.1) is 0 Å². The second kappa shape index (κ2) is 1.80. The Morgan fingerprint density at radius 1 is 1.44 bits per heavy atom. The monoisotopic (exact) mass is 128 g/mol. The van der Waals surface area contributed by atoms with E-state index in [0.717, 1.165) is 0 Å². The Labute approximate surface area is 52.9 Å². The summed E-state index contributed by atoms with van der Waals surface area (Å²) in [6.07, 6.45) is 2.65. The molecule has 3 heteroatoms. The van der Waals surface area contributed by atoms with Crippen molar-refractivity contribution in [3.05, 3.63) is 12.2 Å². The van der Waals surface area contributed by atoms with Crippen LogP contribution < -0.4 is 0 Å². The summed E-state index contributed by atoms with van der Waals surface area (Å²) < 4.78 is 10.2. The summed E-state index contributed by atoms with van der Waals surface area (Å²) in [6.45, 7) is 0.582. The van der Waals surface area contributed by atoms with E-state index in [9.17, 15) is 0 Å². The van der Waals surface area contributed by atoms with E-state index in [4.69, 9.17) is 14.6 Å². The standard InChI is InChI=1S/C6H8O3/c7-5-2-1-4-3-8-6(5)9-4/h1-2,4-7H,3H2/t4-,5+,6-/m0/s1. The van der Waals surface area contributed by atoms with Gasteiger partial charge in [-0.2, -0.15) is 0 Å². The molecule has 0 unspecified atom stereocenters. The first-order chi connectivity index (χ1) is 4.36. The molecule has 1 saturated heterocycles. The van der Waals surface area contributed by atoms with Gasteiger partial charge in [0.2, 0.25) is 0 Å². The summed E-state index contributed by atoms with van der Waals surface area (Å²) >= 11 is 0. The van der Waals surface area contributed by atoms with E-state index < -0.39 is 12.4 Å². The Morgan fingerprint density at radius 2 is 2.33 bits per heavy atom. The van der Waals surface area contributed by atoms with Crippen LogP contribution in [0.4, 0.5) is 0 Å². The van der Waals surface area contributed by atoms with Gasteiger partial charge in [0, 0.05) is 0 Å². The van der Waals surface area contributed by atoms with Gasteiger partial charge in [-0.15, -0.1) is 0 Å². The van der Waals surface area contributed by atoms with E-state index in [1.165, 1.54) is 0 Å². The van der Waals surface area contributed by atoms with E-state index in [-0.39, 0.29) is 6.10 Å². The Balaban J connectivity index is 2.19. The molecule has 1 fully saturated rings. The van der Waals surface area contributed by atoms with E-state index in [2.05, 4.69) is 0 Å². The average Bonchev–Trinajstić information content (AvgIpc) is 2.25.